The second-order valence-corrected chi connectivity index (χ2v) is 3.62. The lowest BCUT2D eigenvalue weighted by Crippen LogP contribution is -1.91. The van der Waals surface area contributed by atoms with Crippen molar-refractivity contribution in [3.63, 3.8) is 0 Å². The summed E-state index contributed by atoms with van der Waals surface area (Å²) in [4.78, 5) is 8.24. The van der Waals surface area contributed by atoms with Crippen molar-refractivity contribution in [2.75, 3.05) is 0 Å². The number of hydrogen-bond donors (Lipinski definition) is 0. The standard InChI is InChI=1S/C11H8ClFN2/c1-7-2-3-14-11(15-7)8-4-9(12)6-10(13)5-8/h2-6H,1H3. The molecule has 0 saturated carbocycles. The molecule has 2 aromatic rings. The minimum absolute atomic E-state index is 0.343. The molecule has 0 unspecified atom stereocenters. The predicted molar refractivity (Wildman–Crippen MR) is 57.2 cm³/mol. The van der Waals surface area contributed by atoms with Crippen molar-refractivity contribution >= 4 is 11.6 Å². The van der Waals surface area contributed by atoms with Gasteiger partial charge < -0.3 is 0 Å². The van der Waals surface area contributed by atoms with Gasteiger partial charge >= 0.3 is 0 Å². The van der Waals surface area contributed by atoms with Crippen LogP contribution < -0.4 is 0 Å². The Hall–Kier alpha value is -1.48. The second-order valence-electron chi connectivity index (χ2n) is 3.18. The van der Waals surface area contributed by atoms with Crippen molar-refractivity contribution in [3.8, 4) is 11.4 Å². The van der Waals surface area contributed by atoms with Crippen LogP contribution in [0.4, 0.5) is 4.39 Å². The third-order valence-electron chi connectivity index (χ3n) is 1.92. The molecule has 4 heteroatoms. The fourth-order valence-corrected chi connectivity index (χ4v) is 1.49. The molecule has 1 aromatic heterocycles. The van der Waals surface area contributed by atoms with Crippen LogP contribution in [-0.4, -0.2) is 9.97 Å². The van der Waals surface area contributed by atoms with Crippen LogP contribution in [0.15, 0.2) is 30.5 Å². The minimum atomic E-state index is -0.386. The van der Waals surface area contributed by atoms with Crippen molar-refractivity contribution in [2.45, 2.75) is 6.92 Å². The molecule has 0 bridgehead atoms. The normalized spacial score (nSPS) is 10.3. The summed E-state index contributed by atoms with van der Waals surface area (Å²) in [7, 11) is 0. The van der Waals surface area contributed by atoms with Gasteiger partial charge in [-0.1, -0.05) is 11.6 Å². The molecule has 0 aliphatic heterocycles. The van der Waals surface area contributed by atoms with E-state index in [0.29, 0.717) is 16.4 Å². The van der Waals surface area contributed by atoms with Gasteiger partial charge in [0, 0.05) is 22.5 Å². The molecule has 15 heavy (non-hydrogen) atoms. The first-order chi connectivity index (χ1) is 7.15. The number of nitrogens with zero attached hydrogens (tertiary/aromatic N) is 2. The van der Waals surface area contributed by atoms with Gasteiger partial charge in [-0.15, -0.1) is 0 Å². The maximum absolute atomic E-state index is 13.1. The van der Waals surface area contributed by atoms with E-state index in [0.717, 1.165) is 5.69 Å². The maximum atomic E-state index is 13.1. The number of benzene rings is 1. The van der Waals surface area contributed by atoms with Crippen molar-refractivity contribution in [1.82, 2.24) is 9.97 Å². The van der Waals surface area contributed by atoms with E-state index in [2.05, 4.69) is 9.97 Å². The van der Waals surface area contributed by atoms with E-state index in [4.69, 9.17) is 11.6 Å². The van der Waals surface area contributed by atoms with Gasteiger partial charge in [-0.25, -0.2) is 14.4 Å². The van der Waals surface area contributed by atoms with Gasteiger partial charge in [0.15, 0.2) is 5.82 Å². The topological polar surface area (TPSA) is 25.8 Å². The first kappa shape index (κ1) is 10.1. The molecule has 1 heterocycles. The Morgan fingerprint density at radius 2 is 2.07 bits per heavy atom. The largest absolute Gasteiger partial charge is 0.237 e. The number of rotatable bonds is 1. The lowest BCUT2D eigenvalue weighted by Gasteiger charge is -2.01. The van der Waals surface area contributed by atoms with E-state index >= 15 is 0 Å². The molecule has 0 atom stereocenters. The highest BCUT2D eigenvalue weighted by Gasteiger charge is 2.04. The molecule has 2 nitrogen and oxygen atoms in total. The van der Waals surface area contributed by atoms with Crippen molar-refractivity contribution in [2.24, 2.45) is 0 Å². The Balaban J connectivity index is 2.54. The van der Waals surface area contributed by atoms with E-state index in [1.807, 2.05) is 6.92 Å². The van der Waals surface area contributed by atoms with E-state index in [-0.39, 0.29) is 5.82 Å². The van der Waals surface area contributed by atoms with Gasteiger partial charge in [0.25, 0.3) is 0 Å². The van der Waals surface area contributed by atoms with E-state index in [1.165, 1.54) is 12.1 Å². The SMILES string of the molecule is Cc1ccnc(-c2cc(F)cc(Cl)c2)n1. The summed E-state index contributed by atoms with van der Waals surface area (Å²) >= 11 is 5.74. The van der Waals surface area contributed by atoms with Crippen molar-refractivity contribution < 1.29 is 4.39 Å². The lowest BCUT2D eigenvalue weighted by atomic mass is 10.2. The van der Waals surface area contributed by atoms with Crippen molar-refractivity contribution in [3.05, 3.63) is 47.0 Å². The van der Waals surface area contributed by atoms with Crippen LogP contribution in [0.3, 0.4) is 0 Å². The molecule has 0 amide bonds. The highest BCUT2D eigenvalue weighted by molar-refractivity contribution is 6.30. The summed E-state index contributed by atoms with van der Waals surface area (Å²) in [5, 5.41) is 0.343. The van der Waals surface area contributed by atoms with Crippen LogP contribution in [-0.2, 0) is 0 Å². The zero-order valence-corrected chi connectivity index (χ0v) is 8.79. The van der Waals surface area contributed by atoms with Gasteiger partial charge in [0.05, 0.1) is 0 Å². The fraction of sp³-hybridized carbons (Fsp3) is 0.0909. The molecule has 0 spiro atoms. The zero-order chi connectivity index (χ0) is 10.8. The van der Waals surface area contributed by atoms with E-state index < -0.39 is 0 Å². The Kier molecular flexibility index (Phi) is 2.64. The number of aromatic nitrogens is 2. The third kappa shape index (κ3) is 2.30. The van der Waals surface area contributed by atoms with Crippen LogP contribution in [0.25, 0.3) is 11.4 Å². The Labute approximate surface area is 91.8 Å². The highest BCUT2D eigenvalue weighted by Crippen LogP contribution is 2.21. The lowest BCUT2D eigenvalue weighted by molar-refractivity contribution is 0.628. The maximum Gasteiger partial charge on any atom is 0.159 e. The average Bonchev–Trinajstić information content (AvgIpc) is 2.16. The molecule has 2 rings (SSSR count). The monoisotopic (exact) mass is 222 g/mol. The quantitative estimate of drug-likeness (QED) is 0.740. The molecule has 0 saturated heterocycles. The molecule has 0 aliphatic carbocycles. The molecule has 0 radical (unpaired) electrons. The van der Waals surface area contributed by atoms with Gasteiger partial charge in [0.2, 0.25) is 0 Å². The fourth-order valence-electron chi connectivity index (χ4n) is 1.27. The van der Waals surface area contributed by atoms with Crippen molar-refractivity contribution in [1.29, 1.82) is 0 Å². The summed E-state index contributed by atoms with van der Waals surface area (Å²) in [5.74, 6) is 0.0963. The van der Waals surface area contributed by atoms with E-state index in [1.54, 1.807) is 18.3 Å². The number of hydrogen-bond acceptors (Lipinski definition) is 2. The van der Waals surface area contributed by atoms with E-state index in [9.17, 15) is 4.39 Å². The van der Waals surface area contributed by atoms with Gasteiger partial charge in [-0.2, -0.15) is 0 Å². The number of halogens is 2. The Morgan fingerprint density at radius 1 is 1.27 bits per heavy atom. The third-order valence-corrected chi connectivity index (χ3v) is 2.13. The summed E-state index contributed by atoms with van der Waals surface area (Å²) in [5.41, 5.74) is 1.42. The van der Waals surface area contributed by atoms with Crippen LogP contribution >= 0.6 is 11.6 Å². The molecule has 0 fully saturated rings. The summed E-state index contributed by atoms with van der Waals surface area (Å²) in [6, 6.07) is 6.03. The molecule has 0 N–H and O–H groups in total. The van der Waals surface area contributed by atoms with Crippen LogP contribution in [0.5, 0.6) is 0 Å². The first-order valence-electron chi connectivity index (χ1n) is 4.41. The summed E-state index contributed by atoms with van der Waals surface area (Å²) in [6.07, 6.45) is 1.64. The molecule has 1 aromatic carbocycles. The highest BCUT2D eigenvalue weighted by atomic mass is 35.5. The first-order valence-corrected chi connectivity index (χ1v) is 4.79. The molecule has 76 valence electrons. The zero-order valence-electron chi connectivity index (χ0n) is 8.04. The van der Waals surface area contributed by atoms with Crippen LogP contribution in [0.2, 0.25) is 5.02 Å². The second kappa shape index (κ2) is 3.95. The summed E-state index contributed by atoms with van der Waals surface area (Å²) in [6.45, 7) is 1.85. The predicted octanol–water partition coefficient (Wildman–Crippen LogP) is 3.24. The molecule has 0 aliphatic rings. The number of aryl methyl sites for hydroxylation is 1. The Bertz CT molecular complexity index is 479. The van der Waals surface area contributed by atoms with Gasteiger partial charge in [-0.05, 0) is 31.2 Å². The van der Waals surface area contributed by atoms with Gasteiger partial charge in [-0.3, -0.25) is 0 Å². The van der Waals surface area contributed by atoms with Gasteiger partial charge in [0.1, 0.15) is 5.82 Å². The molecular formula is C11H8ClFN2. The molecular weight excluding hydrogens is 215 g/mol. The summed E-state index contributed by atoms with van der Waals surface area (Å²) < 4.78 is 13.1. The average molecular weight is 223 g/mol. The Morgan fingerprint density at radius 3 is 2.73 bits per heavy atom. The minimum Gasteiger partial charge on any atom is -0.237 e. The van der Waals surface area contributed by atoms with Crippen LogP contribution in [0, 0.1) is 12.7 Å². The smallest absolute Gasteiger partial charge is 0.159 e. The van der Waals surface area contributed by atoms with Crippen LogP contribution in [0.1, 0.15) is 5.69 Å².